The smallest absolute Gasteiger partial charge is 0.135 e. The van der Waals surface area contributed by atoms with Gasteiger partial charge >= 0.3 is 0 Å². The summed E-state index contributed by atoms with van der Waals surface area (Å²) in [6.07, 6.45) is 4.69. The van der Waals surface area contributed by atoms with Crippen molar-refractivity contribution in [2.45, 2.75) is 59.3 Å². The van der Waals surface area contributed by atoms with Crippen LogP contribution in [0.1, 0.15) is 59.3 Å². The van der Waals surface area contributed by atoms with Gasteiger partial charge in [0.05, 0.1) is 0 Å². The highest BCUT2D eigenvalue weighted by atomic mass is 16.1. The van der Waals surface area contributed by atoms with Gasteiger partial charge in [0.1, 0.15) is 11.6 Å². The fourth-order valence-electron chi connectivity index (χ4n) is 2.35. The van der Waals surface area contributed by atoms with Crippen LogP contribution in [0.3, 0.4) is 0 Å². The largest absolute Gasteiger partial charge is 0.309 e. The Morgan fingerprint density at radius 1 is 1.05 bits per heavy atom. The summed E-state index contributed by atoms with van der Waals surface area (Å²) in [7, 11) is 4.04. The van der Waals surface area contributed by atoms with Gasteiger partial charge in [-0.2, -0.15) is 0 Å². The Kier molecular flexibility index (Phi) is 9.76. The molecule has 0 bridgehead atoms. The van der Waals surface area contributed by atoms with E-state index >= 15 is 0 Å². The normalized spacial score (nSPS) is 14.4. The standard InChI is InChI=1S/C16H31NO2/c1-6-9-16(19)14(7-2)12-13(3)15(18)10-8-11-17(4)5/h13-14H,6-12H2,1-5H3. The van der Waals surface area contributed by atoms with Gasteiger partial charge in [0.15, 0.2) is 0 Å². The second kappa shape index (κ2) is 10.1. The van der Waals surface area contributed by atoms with Crippen LogP contribution in [-0.2, 0) is 9.59 Å². The van der Waals surface area contributed by atoms with Crippen molar-refractivity contribution in [3.05, 3.63) is 0 Å². The number of ketones is 2. The molecule has 0 aliphatic heterocycles. The van der Waals surface area contributed by atoms with Gasteiger partial charge in [0.2, 0.25) is 0 Å². The van der Waals surface area contributed by atoms with Gasteiger partial charge in [-0.3, -0.25) is 9.59 Å². The zero-order valence-electron chi connectivity index (χ0n) is 13.4. The van der Waals surface area contributed by atoms with E-state index in [2.05, 4.69) is 4.90 Å². The Morgan fingerprint density at radius 3 is 2.16 bits per heavy atom. The van der Waals surface area contributed by atoms with Gasteiger partial charge in [-0.15, -0.1) is 0 Å². The molecule has 0 spiro atoms. The molecule has 0 fully saturated rings. The monoisotopic (exact) mass is 269 g/mol. The van der Waals surface area contributed by atoms with E-state index < -0.39 is 0 Å². The third-order valence-corrected chi connectivity index (χ3v) is 3.66. The molecule has 3 nitrogen and oxygen atoms in total. The van der Waals surface area contributed by atoms with Gasteiger partial charge in [0.25, 0.3) is 0 Å². The van der Waals surface area contributed by atoms with Crippen LogP contribution in [-0.4, -0.2) is 37.1 Å². The maximum absolute atomic E-state index is 12.0. The molecule has 0 rings (SSSR count). The van der Waals surface area contributed by atoms with Crippen molar-refractivity contribution < 1.29 is 9.59 Å². The molecule has 3 heteroatoms. The number of hydrogen-bond donors (Lipinski definition) is 0. The van der Waals surface area contributed by atoms with Crippen LogP contribution in [0.4, 0.5) is 0 Å². The average Bonchev–Trinajstić information content (AvgIpc) is 2.35. The van der Waals surface area contributed by atoms with Crippen molar-refractivity contribution >= 4 is 11.6 Å². The first-order valence-corrected chi connectivity index (χ1v) is 7.62. The molecule has 0 radical (unpaired) electrons. The van der Waals surface area contributed by atoms with Gasteiger partial charge in [-0.1, -0.05) is 20.8 Å². The molecular formula is C16H31NO2. The predicted octanol–water partition coefficient (Wildman–Crippen LogP) is 3.32. The molecule has 0 aromatic carbocycles. The second-order valence-corrected chi connectivity index (χ2v) is 5.83. The molecule has 2 atom stereocenters. The number of rotatable bonds is 11. The maximum atomic E-state index is 12.0. The lowest BCUT2D eigenvalue weighted by molar-refractivity contribution is -0.125. The van der Waals surface area contributed by atoms with E-state index in [4.69, 9.17) is 0 Å². The highest BCUT2D eigenvalue weighted by Gasteiger charge is 2.22. The first kappa shape index (κ1) is 18.3. The summed E-state index contributed by atoms with van der Waals surface area (Å²) in [5.74, 6) is 0.739. The summed E-state index contributed by atoms with van der Waals surface area (Å²) in [6, 6.07) is 0. The highest BCUT2D eigenvalue weighted by Crippen LogP contribution is 2.20. The van der Waals surface area contributed by atoms with Gasteiger partial charge in [0, 0.05) is 24.7 Å². The van der Waals surface area contributed by atoms with E-state index in [0.29, 0.717) is 24.4 Å². The summed E-state index contributed by atoms with van der Waals surface area (Å²) in [6.45, 7) is 6.99. The predicted molar refractivity (Wildman–Crippen MR) is 80.3 cm³/mol. The number of nitrogens with zero attached hydrogens (tertiary/aromatic N) is 1. The van der Waals surface area contributed by atoms with Gasteiger partial charge in [-0.25, -0.2) is 0 Å². The zero-order valence-corrected chi connectivity index (χ0v) is 13.4. The van der Waals surface area contributed by atoms with Crippen molar-refractivity contribution in [1.29, 1.82) is 0 Å². The lowest BCUT2D eigenvalue weighted by atomic mass is 9.86. The Hall–Kier alpha value is -0.700. The SMILES string of the molecule is CCCC(=O)C(CC)CC(C)C(=O)CCCN(C)C. The first-order chi connectivity index (χ1) is 8.92. The van der Waals surface area contributed by atoms with Gasteiger partial charge < -0.3 is 4.90 Å². The van der Waals surface area contributed by atoms with Crippen LogP contribution in [0.2, 0.25) is 0 Å². The molecule has 19 heavy (non-hydrogen) atoms. The minimum Gasteiger partial charge on any atom is -0.309 e. The van der Waals surface area contributed by atoms with E-state index in [1.807, 2.05) is 34.9 Å². The summed E-state index contributed by atoms with van der Waals surface area (Å²) in [5, 5.41) is 0. The first-order valence-electron chi connectivity index (χ1n) is 7.62. The Balaban J connectivity index is 4.13. The third-order valence-electron chi connectivity index (χ3n) is 3.66. The molecule has 0 saturated heterocycles. The summed E-state index contributed by atoms with van der Waals surface area (Å²) < 4.78 is 0. The molecular weight excluding hydrogens is 238 g/mol. The molecule has 0 N–H and O–H groups in total. The topological polar surface area (TPSA) is 37.4 Å². The van der Waals surface area contributed by atoms with Crippen LogP contribution >= 0.6 is 0 Å². The number of carbonyl (C=O) groups excluding carboxylic acids is 2. The minimum absolute atomic E-state index is 0.0212. The van der Waals surface area contributed by atoms with Crippen LogP contribution in [0, 0.1) is 11.8 Å². The average molecular weight is 269 g/mol. The van der Waals surface area contributed by atoms with Crippen molar-refractivity contribution in [1.82, 2.24) is 4.90 Å². The fourth-order valence-corrected chi connectivity index (χ4v) is 2.35. The highest BCUT2D eigenvalue weighted by molar-refractivity contribution is 5.84. The number of Topliss-reactive ketones (excluding diaryl/α,β-unsaturated/α-hetero) is 2. The summed E-state index contributed by atoms with van der Waals surface area (Å²) >= 11 is 0. The lowest BCUT2D eigenvalue weighted by Crippen LogP contribution is -2.22. The molecule has 0 heterocycles. The number of hydrogen-bond acceptors (Lipinski definition) is 3. The maximum Gasteiger partial charge on any atom is 0.135 e. The zero-order chi connectivity index (χ0) is 14.8. The molecule has 0 aromatic heterocycles. The van der Waals surface area contributed by atoms with E-state index in [-0.39, 0.29) is 11.8 Å². The van der Waals surface area contributed by atoms with Crippen LogP contribution < -0.4 is 0 Å². The third kappa shape index (κ3) is 8.14. The number of carbonyl (C=O) groups is 2. The van der Waals surface area contributed by atoms with E-state index in [1.165, 1.54) is 0 Å². The van der Waals surface area contributed by atoms with Crippen LogP contribution in [0.15, 0.2) is 0 Å². The molecule has 112 valence electrons. The van der Waals surface area contributed by atoms with Crippen LogP contribution in [0.25, 0.3) is 0 Å². The summed E-state index contributed by atoms with van der Waals surface area (Å²) in [5.41, 5.74) is 0. The lowest BCUT2D eigenvalue weighted by Gasteiger charge is -2.18. The Morgan fingerprint density at radius 2 is 1.68 bits per heavy atom. The van der Waals surface area contributed by atoms with Crippen molar-refractivity contribution in [3.63, 3.8) is 0 Å². The van der Waals surface area contributed by atoms with Crippen molar-refractivity contribution in [3.8, 4) is 0 Å². The van der Waals surface area contributed by atoms with Crippen molar-refractivity contribution in [2.75, 3.05) is 20.6 Å². The fraction of sp³-hybridized carbons (Fsp3) is 0.875. The van der Waals surface area contributed by atoms with E-state index in [0.717, 1.165) is 32.2 Å². The van der Waals surface area contributed by atoms with E-state index in [9.17, 15) is 9.59 Å². The Bertz CT molecular complexity index is 274. The molecule has 0 aromatic rings. The second-order valence-electron chi connectivity index (χ2n) is 5.83. The van der Waals surface area contributed by atoms with E-state index in [1.54, 1.807) is 0 Å². The minimum atomic E-state index is 0.0212. The molecule has 2 unspecified atom stereocenters. The summed E-state index contributed by atoms with van der Waals surface area (Å²) in [4.78, 5) is 26.0. The quantitative estimate of drug-likeness (QED) is 0.577. The Labute approximate surface area is 118 Å². The van der Waals surface area contributed by atoms with Gasteiger partial charge in [-0.05, 0) is 46.3 Å². The molecule has 0 amide bonds. The van der Waals surface area contributed by atoms with Crippen LogP contribution in [0.5, 0.6) is 0 Å². The molecule has 0 aliphatic carbocycles. The molecule has 0 aliphatic rings. The van der Waals surface area contributed by atoms with Crippen molar-refractivity contribution in [2.24, 2.45) is 11.8 Å². The molecule has 0 saturated carbocycles.